The van der Waals surface area contributed by atoms with Gasteiger partial charge in [0.15, 0.2) is 0 Å². The lowest BCUT2D eigenvalue weighted by Gasteiger charge is -2.60. The fourth-order valence-corrected chi connectivity index (χ4v) is 8.65. The average molecular weight is 369 g/mol. The first-order valence-electron chi connectivity index (χ1n) is 12.1. The highest BCUT2D eigenvalue weighted by Crippen LogP contribution is 2.67. The predicted molar refractivity (Wildman–Crippen MR) is 118 cm³/mol. The molecule has 0 heteroatoms. The fourth-order valence-electron chi connectivity index (χ4n) is 8.65. The second kappa shape index (κ2) is 7.38. The van der Waals surface area contributed by atoms with Gasteiger partial charge in [-0.3, -0.25) is 0 Å². The zero-order valence-corrected chi connectivity index (χ0v) is 18.8. The third kappa shape index (κ3) is 3.28. The minimum absolute atomic E-state index is 0.617. The van der Waals surface area contributed by atoms with Crippen molar-refractivity contribution in [1.82, 2.24) is 0 Å². The van der Waals surface area contributed by atoms with Crippen LogP contribution in [0, 0.1) is 46.3 Å². The van der Waals surface area contributed by atoms with Gasteiger partial charge in [-0.2, -0.15) is 0 Å². The zero-order chi connectivity index (χ0) is 19.2. The van der Waals surface area contributed by atoms with Crippen LogP contribution >= 0.6 is 0 Å². The minimum Gasteiger partial charge on any atom is -0.0882 e. The van der Waals surface area contributed by atoms with Crippen molar-refractivity contribution in [2.24, 2.45) is 46.3 Å². The highest BCUT2D eigenvalue weighted by atomic mass is 14.6. The normalized spacial score (nSPS) is 46.9. The molecule has 4 aliphatic carbocycles. The molecule has 0 nitrogen and oxygen atoms in total. The predicted octanol–water partition coefficient (Wildman–Crippen LogP) is 8.19. The smallest absolute Gasteiger partial charge is 0.0229 e. The first-order valence-corrected chi connectivity index (χ1v) is 12.1. The van der Waals surface area contributed by atoms with Crippen molar-refractivity contribution < 1.29 is 0 Å². The van der Waals surface area contributed by atoms with Crippen molar-refractivity contribution in [1.29, 1.82) is 0 Å². The molecule has 0 saturated heterocycles. The van der Waals surface area contributed by atoms with Crippen LogP contribution in [0.4, 0.5) is 0 Å². The molecule has 0 bridgehead atoms. The molecule has 0 aromatic heterocycles. The summed E-state index contributed by atoms with van der Waals surface area (Å²) in [6.07, 6.45) is 22.0. The van der Waals surface area contributed by atoms with Crippen molar-refractivity contribution in [2.45, 2.75) is 98.8 Å². The van der Waals surface area contributed by atoms with Gasteiger partial charge in [0.25, 0.3) is 0 Å². The van der Waals surface area contributed by atoms with Gasteiger partial charge in [0, 0.05) is 0 Å². The Morgan fingerprint density at radius 3 is 2.56 bits per heavy atom. The fraction of sp³-hybridized carbons (Fsp3) is 0.852. The van der Waals surface area contributed by atoms with Crippen LogP contribution in [0.5, 0.6) is 0 Å². The molecule has 0 aromatic carbocycles. The molecule has 0 aromatic rings. The molecule has 4 rings (SSSR count). The van der Waals surface area contributed by atoms with Gasteiger partial charge in [0.1, 0.15) is 0 Å². The van der Waals surface area contributed by atoms with Crippen LogP contribution in [0.1, 0.15) is 98.8 Å². The van der Waals surface area contributed by atoms with Gasteiger partial charge in [-0.25, -0.2) is 0 Å². The Morgan fingerprint density at radius 1 is 1.00 bits per heavy atom. The van der Waals surface area contributed by atoms with Crippen LogP contribution < -0.4 is 0 Å². The van der Waals surface area contributed by atoms with Crippen LogP contribution in [0.15, 0.2) is 23.8 Å². The summed E-state index contributed by atoms with van der Waals surface area (Å²) in [5.41, 5.74) is 2.75. The Morgan fingerprint density at radius 2 is 1.78 bits per heavy atom. The number of fused-ring (bicyclic) bond motifs is 5. The SMILES string of the molecule is CC(C)=CCC[C@@H](C)[C@H]1CC[C@H]2[C@@H]3CCC4CC=CC[C@]4(C)[C@H]3CC[C@]12C. The number of hydrogen-bond donors (Lipinski definition) is 0. The van der Waals surface area contributed by atoms with Gasteiger partial charge in [0.2, 0.25) is 0 Å². The number of allylic oxidation sites excluding steroid dienone is 4. The van der Waals surface area contributed by atoms with Gasteiger partial charge >= 0.3 is 0 Å². The van der Waals surface area contributed by atoms with E-state index in [1.54, 1.807) is 0 Å². The summed E-state index contributed by atoms with van der Waals surface area (Å²) in [6.45, 7) is 12.5. The van der Waals surface area contributed by atoms with Crippen molar-refractivity contribution in [3.63, 3.8) is 0 Å². The summed E-state index contributed by atoms with van der Waals surface area (Å²) in [4.78, 5) is 0. The van der Waals surface area contributed by atoms with Crippen molar-refractivity contribution in [2.75, 3.05) is 0 Å². The summed E-state index contributed by atoms with van der Waals surface area (Å²) >= 11 is 0. The first kappa shape index (κ1) is 19.8. The summed E-state index contributed by atoms with van der Waals surface area (Å²) in [5.74, 6) is 5.93. The van der Waals surface area contributed by atoms with E-state index in [4.69, 9.17) is 0 Å². The standard InChI is InChI=1S/C27H44/c1-19(2)9-8-10-20(3)23-14-15-24-22-13-12-21-11-6-7-17-26(21,4)25(22)16-18-27(23,24)5/h6-7,9,20-25H,8,10-18H2,1-5H3/t20-,21?,22+,23-,24+,25+,26+,27-/m1/s1. The van der Waals surface area contributed by atoms with Crippen LogP contribution in [0.2, 0.25) is 0 Å². The van der Waals surface area contributed by atoms with Gasteiger partial charge in [-0.15, -0.1) is 0 Å². The molecular weight excluding hydrogens is 324 g/mol. The van der Waals surface area contributed by atoms with Crippen molar-refractivity contribution in [3.8, 4) is 0 Å². The summed E-state index contributed by atoms with van der Waals surface area (Å²) in [6, 6.07) is 0. The van der Waals surface area contributed by atoms with E-state index < -0.39 is 0 Å². The number of rotatable bonds is 4. The largest absolute Gasteiger partial charge is 0.0882 e. The molecule has 1 unspecified atom stereocenters. The van der Waals surface area contributed by atoms with E-state index in [1.807, 2.05) is 0 Å². The molecule has 0 radical (unpaired) electrons. The lowest BCUT2D eigenvalue weighted by atomic mass is 9.45. The maximum Gasteiger partial charge on any atom is -0.0229 e. The quantitative estimate of drug-likeness (QED) is 0.439. The van der Waals surface area contributed by atoms with Crippen molar-refractivity contribution in [3.05, 3.63) is 23.8 Å². The van der Waals surface area contributed by atoms with Gasteiger partial charge < -0.3 is 0 Å². The van der Waals surface area contributed by atoms with Crippen LogP contribution in [0.3, 0.4) is 0 Å². The molecule has 3 saturated carbocycles. The van der Waals surface area contributed by atoms with Gasteiger partial charge in [-0.05, 0) is 124 Å². The van der Waals surface area contributed by atoms with E-state index in [9.17, 15) is 0 Å². The third-order valence-electron chi connectivity index (χ3n) is 10.1. The summed E-state index contributed by atoms with van der Waals surface area (Å²) in [7, 11) is 0. The highest BCUT2D eigenvalue weighted by Gasteiger charge is 2.59. The lowest BCUT2D eigenvalue weighted by molar-refractivity contribution is -0.101. The second-order valence-corrected chi connectivity index (χ2v) is 11.6. The second-order valence-electron chi connectivity index (χ2n) is 11.6. The Labute approximate surface area is 169 Å². The molecule has 27 heavy (non-hydrogen) atoms. The summed E-state index contributed by atoms with van der Waals surface area (Å²) in [5, 5.41) is 0. The van der Waals surface area contributed by atoms with E-state index in [2.05, 4.69) is 52.8 Å². The molecule has 0 heterocycles. The van der Waals surface area contributed by atoms with E-state index in [0.29, 0.717) is 10.8 Å². The van der Waals surface area contributed by atoms with E-state index in [1.165, 1.54) is 69.8 Å². The molecule has 0 spiro atoms. The van der Waals surface area contributed by atoms with Crippen LogP contribution in [-0.4, -0.2) is 0 Å². The minimum atomic E-state index is 0.617. The molecular formula is C27H44. The Bertz CT molecular complexity index is 593. The summed E-state index contributed by atoms with van der Waals surface area (Å²) < 4.78 is 0. The Balaban J connectivity index is 1.50. The molecule has 0 amide bonds. The van der Waals surface area contributed by atoms with E-state index >= 15 is 0 Å². The molecule has 0 aliphatic heterocycles. The molecule has 152 valence electrons. The Hall–Kier alpha value is -0.520. The third-order valence-corrected chi connectivity index (χ3v) is 10.1. The maximum absolute atomic E-state index is 2.72. The van der Waals surface area contributed by atoms with Gasteiger partial charge in [0.05, 0.1) is 0 Å². The highest BCUT2D eigenvalue weighted by molar-refractivity contribution is 5.12. The van der Waals surface area contributed by atoms with Crippen molar-refractivity contribution >= 4 is 0 Å². The average Bonchev–Trinajstić information content (AvgIpc) is 2.98. The molecule has 8 atom stereocenters. The lowest BCUT2D eigenvalue weighted by Crippen LogP contribution is -2.52. The zero-order valence-electron chi connectivity index (χ0n) is 18.8. The maximum atomic E-state index is 2.72. The Kier molecular flexibility index (Phi) is 5.41. The molecule has 0 N–H and O–H groups in total. The first-order chi connectivity index (χ1) is 12.9. The number of hydrogen-bond acceptors (Lipinski definition) is 0. The van der Waals surface area contributed by atoms with Crippen LogP contribution in [0.25, 0.3) is 0 Å². The van der Waals surface area contributed by atoms with E-state index in [0.717, 1.165) is 35.5 Å². The molecule has 3 fully saturated rings. The topological polar surface area (TPSA) is 0 Å². The van der Waals surface area contributed by atoms with E-state index in [-0.39, 0.29) is 0 Å². The van der Waals surface area contributed by atoms with Crippen LogP contribution in [-0.2, 0) is 0 Å². The molecule has 4 aliphatic rings. The van der Waals surface area contributed by atoms with Gasteiger partial charge in [-0.1, -0.05) is 44.6 Å². The monoisotopic (exact) mass is 368 g/mol.